The molecule has 1 aromatic carbocycles. The lowest BCUT2D eigenvalue weighted by molar-refractivity contribution is -0.123. The molecule has 84 valence electrons. The monoisotopic (exact) mass is 217 g/mol. The molecule has 0 saturated carbocycles. The summed E-state index contributed by atoms with van der Waals surface area (Å²) in [5.74, 6) is -0.244. The largest absolute Gasteiger partial charge is 0.325 e. The van der Waals surface area contributed by atoms with Crippen LogP contribution in [0.25, 0.3) is 0 Å². The van der Waals surface area contributed by atoms with E-state index in [1.54, 1.807) is 19.1 Å². The second kappa shape index (κ2) is 3.74. The molecular weight excluding hydrogens is 202 g/mol. The quantitative estimate of drug-likeness (QED) is 0.774. The van der Waals surface area contributed by atoms with Crippen molar-refractivity contribution in [1.82, 2.24) is 0 Å². The molecule has 1 aliphatic rings. The number of Topliss-reactive ketones (excluding diaryl/α,β-unsaturated/α-hetero) is 1. The molecule has 0 fully saturated rings. The lowest BCUT2D eigenvalue weighted by Crippen LogP contribution is -2.44. The summed E-state index contributed by atoms with van der Waals surface area (Å²) in [5.41, 5.74) is 0.354. The third kappa shape index (κ3) is 1.43. The molecule has 0 aliphatic carbocycles. The maximum Gasteiger partial charge on any atom is 0.238 e. The first-order valence-corrected chi connectivity index (χ1v) is 5.55. The van der Waals surface area contributed by atoms with Gasteiger partial charge >= 0.3 is 0 Å². The number of anilines is 1. The zero-order chi connectivity index (χ0) is 11.8. The van der Waals surface area contributed by atoms with Gasteiger partial charge in [0, 0.05) is 5.56 Å². The second-order valence-electron chi connectivity index (χ2n) is 4.41. The highest BCUT2D eigenvalue weighted by Crippen LogP contribution is 2.36. The Morgan fingerprint density at radius 3 is 2.62 bits per heavy atom. The van der Waals surface area contributed by atoms with E-state index in [-0.39, 0.29) is 11.7 Å². The van der Waals surface area contributed by atoms with Crippen LogP contribution in [0.3, 0.4) is 0 Å². The first kappa shape index (κ1) is 10.9. The van der Waals surface area contributed by atoms with Gasteiger partial charge in [-0.2, -0.15) is 0 Å². The number of ketones is 1. The average molecular weight is 217 g/mol. The van der Waals surface area contributed by atoms with Crippen molar-refractivity contribution in [2.45, 2.75) is 26.7 Å². The van der Waals surface area contributed by atoms with Crippen molar-refractivity contribution in [3.8, 4) is 0 Å². The number of carbonyl (C=O) groups is 2. The molecule has 0 spiro atoms. The van der Waals surface area contributed by atoms with E-state index >= 15 is 0 Å². The van der Waals surface area contributed by atoms with Gasteiger partial charge in [-0.05, 0) is 25.5 Å². The van der Waals surface area contributed by atoms with Crippen LogP contribution >= 0.6 is 0 Å². The summed E-state index contributed by atoms with van der Waals surface area (Å²) >= 11 is 0. The minimum absolute atomic E-state index is 0.0614. The van der Waals surface area contributed by atoms with E-state index < -0.39 is 5.41 Å². The molecule has 0 saturated heterocycles. The van der Waals surface area contributed by atoms with E-state index in [9.17, 15) is 9.59 Å². The topological polar surface area (TPSA) is 46.2 Å². The molecular formula is C13H15NO2. The number of hydrogen-bond acceptors (Lipinski definition) is 2. The van der Waals surface area contributed by atoms with Crippen LogP contribution in [-0.4, -0.2) is 11.7 Å². The fraction of sp³-hybridized carbons (Fsp3) is 0.385. The predicted octanol–water partition coefficient (Wildman–Crippen LogP) is 2.63. The van der Waals surface area contributed by atoms with Crippen LogP contribution < -0.4 is 5.32 Å². The summed E-state index contributed by atoms with van der Waals surface area (Å²) in [6.45, 7) is 3.70. The molecule has 1 aromatic rings. The van der Waals surface area contributed by atoms with Gasteiger partial charge in [0.25, 0.3) is 0 Å². The molecule has 1 amide bonds. The van der Waals surface area contributed by atoms with Crippen LogP contribution in [-0.2, 0) is 4.79 Å². The second-order valence-corrected chi connectivity index (χ2v) is 4.41. The third-order valence-electron chi connectivity index (χ3n) is 3.17. The van der Waals surface area contributed by atoms with Crippen molar-refractivity contribution in [1.29, 1.82) is 0 Å². The molecule has 0 aromatic heterocycles. The van der Waals surface area contributed by atoms with Gasteiger partial charge in [-0.25, -0.2) is 0 Å². The van der Waals surface area contributed by atoms with Gasteiger partial charge in [0.05, 0.1) is 5.69 Å². The van der Waals surface area contributed by atoms with Gasteiger partial charge in [0.1, 0.15) is 5.41 Å². The maximum atomic E-state index is 12.3. The van der Waals surface area contributed by atoms with E-state index in [2.05, 4.69) is 5.32 Å². The summed E-state index contributed by atoms with van der Waals surface area (Å²) in [5, 5.41) is 2.81. The van der Waals surface area contributed by atoms with E-state index in [0.29, 0.717) is 17.7 Å². The Labute approximate surface area is 94.9 Å². The molecule has 0 radical (unpaired) electrons. The van der Waals surface area contributed by atoms with Crippen molar-refractivity contribution >= 4 is 17.4 Å². The molecule has 1 aliphatic heterocycles. The molecule has 3 nitrogen and oxygen atoms in total. The predicted molar refractivity (Wildman–Crippen MR) is 62.4 cm³/mol. The molecule has 1 unspecified atom stereocenters. The van der Waals surface area contributed by atoms with Gasteiger partial charge in [0.2, 0.25) is 5.91 Å². The highest BCUT2D eigenvalue weighted by molar-refractivity contribution is 6.23. The molecule has 1 atom stereocenters. The Hall–Kier alpha value is -1.64. The van der Waals surface area contributed by atoms with Crippen LogP contribution in [0.1, 0.15) is 37.0 Å². The van der Waals surface area contributed by atoms with Crippen molar-refractivity contribution in [2.75, 3.05) is 5.32 Å². The number of amides is 1. The smallest absolute Gasteiger partial charge is 0.238 e. The third-order valence-corrected chi connectivity index (χ3v) is 3.17. The number of rotatable bonds is 2. The van der Waals surface area contributed by atoms with Crippen LogP contribution in [0.4, 0.5) is 5.69 Å². The zero-order valence-electron chi connectivity index (χ0n) is 9.54. The summed E-state index contributed by atoms with van der Waals surface area (Å²) in [4.78, 5) is 24.2. The lowest BCUT2D eigenvalue weighted by atomic mass is 9.75. The Morgan fingerprint density at radius 1 is 1.25 bits per heavy atom. The fourth-order valence-electron chi connectivity index (χ4n) is 2.18. The van der Waals surface area contributed by atoms with Crippen molar-refractivity contribution in [2.24, 2.45) is 5.41 Å². The van der Waals surface area contributed by atoms with Gasteiger partial charge in [-0.3, -0.25) is 9.59 Å². The van der Waals surface area contributed by atoms with Crippen molar-refractivity contribution in [3.63, 3.8) is 0 Å². The number of hydrogen-bond donors (Lipinski definition) is 1. The van der Waals surface area contributed by atoms with E-state index in [4.69, 9.17) is 0 Å². The molecule has 1 heterocycles. The fourth-order valence-corrected chi connectivity index (χ4v) is 2.18. The summed E-state index contributed by atoms with van der Waals surface area (Å²) in [6, 6.07) is 7.16. The standard InChI is InChI=1S/C13H15NO2/c1-3-8-13(2)11(15)9-6-4-5-7-10(9)14-12(13)16/h4-7H,3,8H2,1-2H3,(H,14,16). The lowest BCUT2D eigenvalue weighted by Gasteiger charge is -2.31. The summed E-state index contributed by atoms with van der Waals surface area (Å²) in [7, 11) is 0. The van der Waals surface area contributed by atoms with Crippen LogP contribution in [0, 0.1) is 5.41 Å². The highest BCUT2D eigenvalue weighted by Gasteiger charge is 2.44. The normalized spacial score (nSPS) is 23.9. The van der Waals surface area contributed by atoms with Crippen molar-refractivity contribution in [3.05, 3.63) is 29.8 Å². The highest BCUT2D eigenvalue weighted by atomic mass is 16.2. The Morgan fingerprint density at radius 2 is 1.94 bits per heavy atom. The van der Waals surface area contributed by atoms with Crippen molar-refractivity contribution < 1.29 is 9.59 Å². The zero-order valence-corrected chi connectivity index (χ0v) is 9.54. The molecule has 16 heavy (non-hydrogen) atoms. The summed E-state index contributed by atoms with van der Waals surface area (Å²) in [6.07, 6.45) is 1.41. The molecule has 3 heteroatoms. The van der Waals surface area contributed by atoms with Gasteiger partial charge < -0.3 is 5.32 Å². The Bertz CT molecular complexity index is 453. The number of fused-ring (bicyclic) bond motifs is 1. The Balaban J connectivity index is 2.49. The SMILES string of the molecule is CCCC1(C)C(=O)Nc2ccccc2C1=O. The molecule has 2 rings (SSSR count). The number of benzene rings is 1. The molecule has 0 bridgehead atoms. The number of para-hydroxylation sites is 1. The first-order valence-electron chi connectivity index (χ1n) is 5.55. The maximum absolute atomic E-state index is 12.3. The summed E-state index contributed by atoms with van der Waals surface area (Å²) < 4.78 is 0. The van der Waals surface area contributed by atoms with Crippen LogP contribution in [0.5, 0.6) is 0 Å². The number of carbonyl (C=O) groups excluding carboxylic acids is 2. The van der Waals surface area contributed by atoms with Gasteiger partial charge in [-0.1, -0.05) is 25.5 Å². The van der Waals surface area contributed by atoms with Crippen LogP contribution in [0.2, 0.25) is 0 Å². The van der Waals surface area contributed by atoms with Gasteiger partial charge in [-0.15, -0.1) is 0 Å². The minimum atomic E-state index is -0.900. The molecule has 1 N–H and O–H groups in total. The van der Waals surface area contributed by atoms with Crippen LogP contribution in [0.15, 0.2) is 24.3 Å². The Kier molecular flexibility index (Phi) is 2.54. The number of nitrogens with one attached hydrogen (secondary N) is 1. The van der Waals surface area contributed by atoms with Gasteiger partial charge in [0.15, 0.2) is 5.78 Å². The minimum Gasteiger partial charge on any atom is -0.325 e. The first-order chi connectivity index (χ1) is 7.59. The van der Waals surface area contributed by atoms with E-state index in [0.717, 1.165) is 6.42 Å². The van der Waals surface area contributed by atoms with E-state index in [1.165, 1.54) is 0 Å². The van der Waals surface area contributed by atoms with E-state index in [1.807, 2.05) is 19.1 Å². The average Bonchev–Trinajstić information content (AvgIpc) is 2.27.